The molecule has 1 fully saturated rings. The maximum atomic E-state index is 9.10. The summed E-state index contributed by atoms with van der Waals surface area (Å²) in [6.45, 7) is 2.47. The molecule has 1 saturated carbocycles. The van der Waals surface area contributed by atoms with E-state index in [1.807, 2.05) is 0 Å². The molecule has 2 N–H and O–H groups in total. The fourth-order valence-electron chi connectivity index (χ4n) is 3.28. The first-order chi connectivity index (χ1) is 10.6. The molecule has 5 heteroatoms. The Bertz CT molecular complexity index is 511. The molecule has 0 amide bonds. The molecule has 0 aromatic heterocycles. The van der Waals surface area contributed by atoms with Gasteiger partial charge in [-0.25, -0.2) is 9.59 Å². The van der Waals surface area contributed by atoms with Crippen molar-refractivity contribution in [3.8, 4) is 0 Å². The number of hydrogen-bond donors (Lipinski definition) is 2. The van der Waals surface area contributed by atoms with E-state index in [0.29, 0.717) is 0 Å². The van der Waals surface area contributed by atoms with E-state index < -0.39 is 11.9 Å². The van der Waals surface area contributed by atoms with Gasteiger partial charge in [-0.05, 0) is 30.4 Å². The van der Waals surface area contributed by atoms with E-state index in [9.17, 15) is 0 Å². The van der Waals surface area contributed by atoms with Gasteiger partial charge in [-0.1, -0.05) is 43.5 Å². The predicted molar refractivity (Wildman–Crippen MR) is 82.7 cm³/mol. The average molecular weight is 305 g/mol. The van der Waals surface area contributed by atoms with Crippen molar-refractivity contribution in [2.45, 2.75) is 51.1 Å². The number of rotatable bonds is 1. The molecule has 0 bridgehead atoms. The van der Waals surface area contributed by atoms with E-state index in [0.717, 1.165) is 6.04 Å². The van der Waals surface area contributed by atoms with Gasteiger partial charge in [0.25, 0.3) is 0 Å². The number of hydrogen-bond acceptors (Lipinski definition) is 3. The van der Waals surface area contributed by atoms with Crippen LogP contribution in [-0.4, -0.2) is 39.6 Å². The number of nitrogens with zero attached hydrogens (tertiary/aromatic N) is 1. The van der Waals surface area contributed by atoms with Gasteiger partial charge in [-0.3, -0.25) is 4.90 Å². The second-order valence-corrected chi connectivity index (χ2v) is 5.89. The largest absolute Gasteiger partial charge is 0.473 e. The van der Waals surface area contributed by atoms with Crippen LogP contribution in [0.2, 0.25) is 0 Å². The normalized spacial score (nSPS) is 18.7. The molecule has 0 unspecified atom stereocenters. The van der Waals surface area contributed by atoms with E-state index in [2.05, 4.69) is 29.2 Å². The highest BCUT2D eigenvalue weighted by atomic mass is 16.4. The Kier molecular flexibility index (Phi) is 5.95. The quantitative estimate of drug-likeness (QED) is 0.780. The molecular weight excluding hydrogens is 282 g/mol. The van der Waals surface area contributed by atoms with E-state index in [4.69, 9.17) is 19.8 Å². The van der Waals surface area contributed by atoms with Crippen molar-refractivity contribution in [1.82, 2.24) is 4.90 Å². The highest BCUT2D eigenvalue weighted by Crippen LogP contribution is 2.27. The van der Waals surface area contributed by atoms with Gasteiger partial charge in [0.05, 0.1) is 0 Å². The molecule has 0 radical (unpaired) electrons. The lowest BCUT2D eigenvalue weighted by atomic mass is 9.91. The Morgan fingerprint density at radius 1 is 0.955 bits per heavy atom. The molecule has 0 spiro atoms. The smallest absolute Gasteiger partial charge is 0.414 e. The summed E-state index contributed by atoms with van der Waals surface area (Å²) in [6, 6.07) is 9.85. The van der Waals surface area contributed by atoms with Crippen molar-refractivity contribution in [3.63, 3.8) is 0 Å². The van der Waals surface area contributed by atoms with Gasteiger partial charge >= 0.3 is 11.9 Å². The van der Waals surface area contributed by atoms with Crippen molar-refractivity contribution in [1.29, 1.82) is 0 Å². The van der Waals surface area contributed by atoms with Gasteiger partial charge in [0.2, 0.25) is 0 Å². The van der Waals surface area contributed by atoms with Crippen molar-refractivity contribution in [2.75, 3.05) is 6.54 Å². The Morgan fingerprint density at radius 3 is 2.14 bits per heavy atom. The van der Waals surface area contributed by atoms with E-state index in [-0.39, 0.29) is 0 Å². The Labute approximate surface area is 130 Å². The van der Waals surface area contributed by atoms with Crippen LogP contribution in [0.5, 0.6) is 0 Å². The highest BCUT2D eigenvalue weighted by molar-refractivity contribution is 6.27. The molecule has 5 nitrogen and oxygen atoms in total. The fourth-order valence-corrected chi connectivity index (χ4v) is 3.28. The van der Waals surface area contributed by atoms with Crippen LogP contribution in [0.4, 0.5) is 0 Å². The zero-order valence-electron chi connectivity index (χ0n) is 12.7. The summed E-state index contributed by atoms with van der Waals surface area (Å²) in [5.74, 6) is -3.65. The van der Waals surface area contributed by atoms with Crippen LogP contribution in [0.25, 0.3) is 0 Å². The fraction of sp³-hybridized carbons (Fsp3) is 0.529. The number of aliphatic carboxylic acids is 2. The summed E-state index contributed by atoms with van der Waals surface area (Å²) in [5, 5.41) is 14.8. The summed E-state index contributed by atoms with van der Waals surface area (Å²) >= 11 is 0. The lowest BCUT2D eigenvalue weighted by molar-refractivity contribution is -0.159. The van der Waals surface area contributed by atoms with E-state index in [1.165, 1.54) is 51.6 Å². The minimum absolute atomic E-state index is 0.877. The molecule has 1 aliphatic carbocycles. The van der Waals surface area contributed by atoms with Gasteiger partial charge in [0.15, 0.2) is 0 Å². The Hall–Kier alpha value is -1.88. The molecule has 0 atom stereocenters. The molecule has 1 aliphatic heterocycles. The van der Waals surface area contributed by atoms with Crippen LogP contribution in [0.1, 0.15) is 43.2 Å². The second kappa shape index (κ2) is 7.94. The molecule has 1 heterocycles. The van der Waals surface area contributed by atoms with Gasteiger partial charge < -0.3 is 10.2 Å². The molecule has 3 rings (SSSR count). The third-order valence-electron chi connectivity index (χ3n) is 4.43. The summed E-state index contributed by atoms with van der Waals surface area (Å²) in [4.78, 5) is 20.9. The third-order valence-corrected chi connectivity index (χ3v) is 4.43. The topological polar surface area (TPSA) is 77.8 Å². The zero-order valence-corrected chi connectivity index (χ0v) is 12.7. The van der Waals surface area contributed by atoms with Crippen LogP contribution in [0.15, 0.2) is 24.3 Å². The van der Waals surface area contributed by atoms with Crippen LogP contribution in [0, 0.1) is 0 Å². The van der Waals surface area contributed by atoms with Crippen LogP contribution >= 0.6 is 0 Å². The lowest BCUT2D eigenvalue weighted by Crippen LogP contribution is -2.40. The average Bonchev–Trinajstić information content (AvgIpc) is 2.55. The van der Waals surface area contributed by atoms with E-state index in [1.54, 1.807) is 11.1 Å². The van der Waals surface area contributed by atoms with Crippen LogP contribution in [0.3, 0.4) is 0 Å². The van der Waals surface area contributed by atoms with Gasteiger partial charge in [-0.2, -0.15) is 0 Å². The number of carbonyl (C=O) groups is 2. The Balaban J connectivity index is 0.000000254. The molecule has 1 aromatic rings. The van der Waals surface area contributed by atoms with Crippen molar-refractivity contribution in [2.24, 2.45) is 0 Å². The van der Waals surface area contributed by atoms with Crippen molar-refractivity contribution >= 4 is 11.9 Å². The zero-order chi connectivity index (χ0) is 15.9. The molecule has 0 saturated heterocycles. The summed E-state index contributed by atoms with van der Waals surface area (Å²) in [5.41, 5.74) is 3.15. The number of carboxylic acids is 2. The summed E-state index contributed by atoms with van der Waals surface area (Å²) in [6.07, 6.45) is 8.48. The SMILES string of the molecule is O=C(O)C(=O)O.c1ccc2c(c1)CCN(C1CCCCC1)C2. The maximum Gasteiger partial charge on any atom is 0.414 e. The number of fused-ring (bicyclic) bond motifs is 1. The minimum Gasteiger partial charge on any atom is -0.473 e. The van der Waals surface area contributed by atoms with Crippen molar-refractivity contribution in [3.05, 3.63) is 35.4 Å². The Morgan fingerprint density at radius 2 is 1.55 bits per heavy atom. The van der Waals surface area contributed by atoms with Crippen LogP contribution < -0.4 is 0 Å². The monoisotopic (exact) mass is 305 g/mol. The number of carboxylic acid groups (broad SMARTS) is 2. The van der Waals surface area contributed by atoms with Crippen LogP contribution in [-0.2, 0) is 22.6 Å². The third kappa shape index (κ3) is 4.56. The molecule has 120 valence electrons. The van der Waals surface area contributed by atoms with Gasteiger partial charge in [0.1, 0.15) is 0 Å². The molecule has 1 aromatic carbocycles. The number of benzene rings is 1. The summed E-state index contributed by atoms with van der Waals surface area (Å²) in [7, 11) is 0. The first-order valence-corrected chi connectivity index (χ1v) is 7.85. The molecular formula is C17H23NO4. The lowest BCUT2D eigenvalue weighted by Gasteiger charge is -2.37. The van der Waals surface area contributed by atoms with Gasteiger partial charge in [0, 0.05) is 19.1 Å². The van der Waals surface area contributed by atoms with E-state index >= 15 is 0 Å². The predicted octanol–water partition coefficient (Wildman–Crippen LogP) is 2.53. The highest BCUT2D eigenvalue weighted by Gasteiger charge is 2.24. The van der Waals surface area contributed by atoms with Gasteiger partial charge in [-0.15, -0.1) is 0 Å². The maximum absolute atomic E-state index is 9.10. The molecule has 2 aliphatic rings. The first-order valence-electron chi connectivity index (χ1n) is 7.85. The molecule has 22 heavy (non-hydrogen) atoms. The summed E-state index contributed by atoms with van der Waals surface area (Å²) < 4.78 is 0. The standard InChI is InChI=1S/C15H21N.C2H2O4/c1-2-8-15(9-3-1)16-11-10-13-6-4-5-7-14(13)12-16;3-1(4)2(5)6/h4-7,15H,1-3,8-12H2;(H,3,4)(H,5,6). The second-order valence-electron chi connectivity index (χ2n) is 5.89. The first kappa shape index (κ1) is 16.5. The minimum atomic E-state index is -1.82. The van der Waals surface area contributed by atoms with Crippen molar-refractivity contribution < 1.29 is 19.8 Å².